The highest BCUT2D eigenvalue weighted by molar-refractivity contribution is 5.87. The maximum Gasteiger partial charge on any atom is 0.153 e. The molecule has 0 atom stereocenters. The summed E-state index contributed by atoms with van der Waals surface area (Å²) in [5.41, 5.74) is 0.925. The van der Waals surface area contributed by atoms with E-state index in [1.165, 1.54) is 12.1 Å². The van der Waals surface area contributed by atoms with Crippen molar-refractivity contribution in [1.29, 1.82) is 5.26 Å². The Morgan fingerprint density at radius 1 is 1.47 bits per heavy atom. The Labute approximate surface area is 86.7 Å². The summed E-state index contributed by atoms with van der Waals surface area (Å²) in [4.78, 5) is 12.9. The van der Waals surface area contributed by atoms with Gasteiger partial charge in [-0.05, 0) is 18.2 Å². The summed E-state index contributed by atoms with van der Waals surface area (Å²) in [5.74, 6) is -0.274. The first-order valence-electron chi connectivity index (χ1n) is 4.67. The molecule has 0 bridgehead atoms. The van der Waals surface area contributed by atoms with Crippen molar-refractivity contribution in [3.8, 4) is 6.07 Å². The fourth-order valence-electron chi connectivity index (χ4n) is 1.71. The van der Waals surface area contributed by atoms with Crippen LogP contribution in [0, 0.1) is 17.1 Å². The van der Waals surface area contributed by atoms with Crippen molar-refractivity contribution >= 4 is 11.5 Å². The molecule has 1 saturated heterocycles. The van der Waals surface area contributed by atoms with Crippen LogP contribution >= 0.6 is 0 Å². The quantitative estimate of drug-likeness (QED) is 0.695. The van der Waals surface area contributed by atoms with Gasteiger partial charge in [-0.1, -0.05) is 0 Å². The molecule has 1 aliphatic rings. The lowest BCUT2D eigenvalue weighted by molar-refractivity contribution is -0.116. The predicted octanol–water partition coefficient (Wildman–Crippen LogP) is 1.48. The first-order chi connectivity index (χ1) is 7.20. The lowest BCUT2D eigenvalue weighted by Crippen LogP contribution is -2.20. The molecule has 0 saturated carbocycles. The SMILES string of the molecule is N#Cc1cc(F)ccc1N1CCC(=O)C1. The molecule has 4 heteroatoms. The Bertz CT molecular complexity index is 450. The van der Waals surface area contributed by atoms with Crippen molar-refractivity contribution in [2.75, 3.05) is 18.0 Å². The average molecular weight is 204 g/mol. The number of nitrogens with zero attached hydrogens (tertiary/aromatic N) is 2. The summed E-state index contributed by atoms with van der Waals surface area (Å²) >= 11 is 0. The van der Waals surface area contributed by atoms with E-state index < -0.39 is 5.82 Å². The molecule has 0 N–H and O–H groups in total. The summed E-state index contributed by atoms with van der Waals surface area (Å²) in [6.45, 7) is 0.930. The number of anilines is 1. The average Bonchev–Trinajstić information content (AvgIpc) is 2.64. The van der Waals surface area contributed by atoms with Crippen LogP contribution < -0.4 is 4.90 Å². The largest absolute Gasteiger partial charge is 0.363 e. The monoisotopic (exact) mass is 204 g/mol. The van der Waals surface area contributed by atoms with Gasteiger partial charge in [-0.3, -0.25) is 4.79 Å². The number of rotatable bonds is 1. The molecule has 0 unspecified atom stereocenters. The molecule has 0 spiro atoms. The Morgan fingerprint density at radius 2 is 2.27 bits per heavy atom. The topological polar surface area (TPSA) is 44.1 Å². The molecule has 0 radical (unpaired) electrons. The Morgan fingerprint density at radius 3 is 2.87 bits per heavy atom. The second-order valence-electron chi connectivity index (χ2n) is 3.48. The lowest BCUT2D eigenvalue weighted by Gasteiger charge is -2.17. The second kappa shape index (κ2) is 3.70. The van der Waals surface area contributed by atoms with Crippen LogP contribution in [-0.2, 0) is 4.79 Å². The minimum Gasteiger partial charge on any atom is -0.363 e. The van der Waals surface area contributed by atoms with Crippen LogP contribution in [0.3, 0.4) is 0 Å². The zero-order valence-electron chi connectivity index (χ0n) is 8.03. The van der Waals surface area contributed by atoms with Crippen molar-refractivity contribution in [3.05, 3.63) is 29.6 Å². The third kappa shape index (κ3) is 1.82. The van der Waals surface area contributed by atoms with Gasteiger partial charge in [0.15, 0.2) is 5.78 Å². The van der Waals surface area contributed by atoms with Gasteiger partial charge in [0.1, 0.15) is 11.9 Å². The van der Waals surface area contributed by atoms with Gasteiger partial charge in [0.25, 0.3) is 0 Å². The summed E-state index contributed by atoms with van der Waals surface area (Å²) in [6, 6.07) is 5.98. The molecule has 15 heavy (non-hydrogen) atoms. The molecule has 0 amide bonds. The van der Waals surface area contributed by atoms with E-state index in [2.05, 4.69) is 0 Å². The summed E-state index contributed by atoms with van der Waals surface area (Å²) in [6.07, 6.45) is 0.502. The molecule has 0 aliphatic carbocycles. The smallest absolute Gasteiger partial charge is 0.153 e. The van der Waals surface area contributed by atoms with Crippen molar-refractivity contribution in [3.63, 3.8) is 0 Å². The normalized spacial score (nSPS) is 15.5. The van der Waals surface area contributed by atoms with Gasteiger partial charge in [-0.25, -0.2) is 4.39 Å². The fraction of sp³-hybridized carbons (Fsp3) is 0.273. The number of hydrogen-bond acceptors (Lipinski definition) is 3. The van der Waals surface area contributed by atoms with Gasteiger partial charge in [0.05, 0.1) is 17.8 Å². The van der Waals surface area contributed by atoms with E-state index in [1.807, 2.05) is 6.07 Å². The molecule has 1 aromatic rings. The van der Waals surface area contributed by atoms with Crippen LogP contribution in [0.25, 0.3) is 0 Å². The maximum absolute atomic E-state index is 12.9. The van der Waals surface area contributed by atoms with E-state index in [9.17, 15) is 9.18 Å². The molecule has 1 heterocycles. The summed E-state index contributed by atoms with van der Waals surface area (Å²) in [7, 11) is 0. The first-order valence-corrected chi connectivity index (χ1v) is 4.67. The van der Waals surface area contributed by atoms with Crippen LogP contribution in [-0.4, -0.2) is 18.9 Å². The van der Waals surface area contributed by atoms with E-state index in [0.717, 1.165) is 0 Å². The highest BCUT2D eigenvalue weighted by Gasteiger charge is 2.21. The van der Waals surface area contributed by atoms with Gasteiger partial charge in [0, 0.05) is 13.0 Å². The second-order valence-corrected chi connectivity index (χ2v) is 3.48. The van der Waals surface area contributed by atoms with Crippen LogP contribution in [0.15, 0.2) is 18.2 Å². The third-order valence-corrected chi connectivity index (χ3v) is 2.45. The van der Waals surface area contributed by atoms with Gasteiger partial charge < -0.3 is 4.90 Å². The number of carbonyl (C=O) groups excluding carboxylic acids is 1. The van der Waals surface area contributed by atoms with Gasteiger partial charge in [0.2, 0.25) is 0 Å². The van der Waals surface area contributed by atoms with Crippen molar-refractivity contribution < 1.29 is 9.18 Å². The molecule has 1 fully saturated rings. The maximum atomic E-state index is 12.9. The molecule has 1 aliphatic heterocycles. The summed E-state index contributed by atoms with van der Waals surface area (Å²) in [5, 5.41) is 8.84. The number of benzene rings is 1. The Hall–Kier alpha value is -1.89. The molecule has 76 valence electrons. The standard InChI is InChI=1S/C11H9FN2O/c12-9-1-2-11(8(5-9)6-13)14-4-3-10(15)7-14/h1-2,5H,3-4,7H2. The van der Waals surface area contributed by atoms with Gasteiger partial charge >= 0.3 is 0 Å². The number of nitriles is 1. The highest BCUT2D eigenvalue weighted by atomic mass is 19.1. The number of ketones is 1. The zero-order chi connectivity index (χ0) is 10.8. The molecule has 3 nitrogen and oxygen atoms in total. The van der Waals surface area contributed by atoms with Crippen molar-refractivity contribution in [2.45, 2.75) is 6.42 Å². The van der Waals surface area contributed by atoms with Gasteiger partial charge in [-0.15, -0.1) is 0 Å². The molecule has 1 aromatic carbocycles. The highest BCUT2D eigenvalue weighted by Crippen LogP contribution is 2.23. The molecular weight excluding hydrogens is 195 g/mol. The van der Waals surface area contributed by atoms with Crippen LogP contribution in [0.4, 0.5) is 10.1 Å². The lowest BCUT2D eigenvalue weighted by atomic mass is 10.2. The van der Waals surface area contributed by atoms with Crippen LogP contribution in [0.5, 0.6) is 0 Å². The van der Waals surface area contributed by atoms with Crippen molar-refractivity contribution in [2.24, 2.45) is 0 Å². The van der Waals surface area contributed by atoms with E-state index in [1.54, 1.807) is 11.0 Å². The fourth-order valence-corrected chi connectivity index (χ4v) is 1.71. The number of Topliss-reactive ketones (excluding diaryl/α,β-unsaturated/α-hetero) is 1. The minimum absolute atomic E-state index is 0.156. The number of halogens is 1. The van der Waals surface area contributed by atoms with Crippen LogP contribution in [0.2, 0.25) is 0 Å². The zero-order valence-corrected chi connectivity index (χ0v) is 8.03. The first kappa shape index (κ1) is 9.66. The van der Waals surface area contributed by atoms with E-state index in [4.69, 9.17) is 5.26 Å². The Balaban J connectivity index is 2.36. The Kier molecular flexibility index (Phi) is 2.38. The minimum atomic E-state index is -0.430. The molecule has 0 aromatic heterocycles. The summed E-state index contributed by atoms with van der Waals surface area (Å²) < 4.78 is 12.9. The number of hydrogen-bond donors (Lipinski definition) is 0. The van der Waals surface area contributed by atoms with Gasteiger partial charge in [-0.2, -0.15) is 5.26 Å². The van der Waals surface area contributed by atoms with E-state index in [-0.39, 0.29) is 11.3 Å². The third-order valence-electron chi connectivity index (χ3n) is 2.45. The van der Waals surface area contributed by atoms with E-state index >= 15 is 0 Å². The van der Waals surface area contributed by atoms with E-state index in [0.29, 0.717) is 25.2 Å². The van der Waals surface area contributed by atoms with Crippen LogP contribution in [0.1, 0.15) is 12.0 Å². The molecular formula is C11H9FN2O. The molecule has 2 rings (SSSR count). The van der Waals surface area contributed by atoms with Crippen molar-refractivity contribution in [1.82, 2.24) is 0 Å². The predicted molar refractivity (Wildman–Crippen MR) is 53.0 cm³/mol. The number of carbonyl (C=O) groups is 1.